The molecule has 0 radical (unpaired) electrons. The van der Waals surface area contributed by atoms with Crippen LogP contribution in [0.3, 0.4) is 0 Å². The molecule has 0 fully saturated rings. The molecule has 0 bridgehead atoms. The highest BCUT2D eigenvalue weighted by atomic mass is 35.5. The van der Waals surface area contributed by atoms with Crippen LogP contribution in [0.15, 0.2) is 53.1 Å². The highest BCUT2D eigenvalue weighted by molar-refractivity contribution is 6.39. The summed E-state index contributed by atoms with van der Waals surface area (Å²) < 4.78 is 9.99. The highest BCUT2D eigenvalue weighted by Crippen LogP contribution is 2.38. The van der Waals surface area contributed by atoms with Crippen LogP contribution >= 0.6 is 23.2 Å². The minimum atomic E-state index is -0.739. The number of nitrogens with one attached hydrogen (secondary N) is 1. The smallest absolute Gasteiger partial charge is 0.345 e. The monoisotopic (exact) mass is 404 g/mol. The zero-order valence-corrected chi connectivity index (χ0v) is 15.7. The molecule has 3 rings (SSSR count). The maximum atomic E-state index is 12.3. The van der Waals surface area contributed by atoms with Crippen LogP contribution in [-0.2, 0) is 16.0 Å². The number of halogens is 2. The van der Waals surface area contributed by atoms with Gasteiger partial charge in [0.1, 0.15) is 5.69 Å². The van der Waals surface area contributed by atoms with Gasteiger partial charge in [-0.05, 0) is 17.7 Å². The van der Waals surface area contributed by atoms with Crippen molar-refractivity contribution in [3.63, 3.8) is 0 Å². The third-order valence-electron chi connectivity index (χ3n) is 3.74. The normalized spacial score (nSPS) is 10.5. The molecular formula is C19H14Cl2N2O4. The average Bonchev–Trinajstić information content (AvgIpc) is 3.04. The van der Waals surface area contributed by atoms with Crippen LogP contribution in [0.25, 0.3) is 11.3 Å². The molecule has 1 amide bonds. The van der Waals surface area contributed by atoms with Crippen LogP contribution in [0.1, 0.15) is 15.9 Å². The number of nitrogens with zero attached hydrogens (tertiary/aromatic N) is 1. The van der Waals surface area contributed by atoms with E-state index >= 15 is 0 Å². The van der Waals surface area contributed by atoms with Crippen molar-refractivity contribution < 1.29 is 18.8 Å². The maximum absolute atomic E-state index is 12.3. The quantitative estimate of drug-likeness (QED) is 0.627. The predicted octanol–water partition coefficient (Wildman–Crippen LogP) is 4.62. The number of rotatable bonds is 5. The zero-order chi connectivity index (χ0) is 19.4. The molecule has 6 nitrogen and oxygen atoms in total. The third kappa shape index (κ3) is 4.13. The van der Waals surface area contributed by atoms with Crippen LogP contribution in [0.2, 0.25) is 10.0 Å². The lowest BCUT2D eigenvalue weighted by atomic mass is 10.1. The van der Waals surface area contributed by atoms with Crippen molar-refractivity contribution >= 4 is 41.0 Å². The number of ether oxygens (including phenoxy) is 1. The average molecular weight is 405 g/mol. The van der Waals surface area contributed by atoms with Crippen molar-refractivity contribution in [2.45, 2.75) is 6.42 Å². The Balaban J connectivity index is 1.96. The van der Waals surface area contributed by atoms with Gasteiger partial charge in [-0.15, -0.1) is 0 Å². The Bertz CT molecular complexity index is 966. The van der Waals surface area contributed by atoms with Gasteiger partial charge in [0.15, 0.2) is 5.56 Å². The van der Waals surface area contributed by atoms with Gasteiger partial charge in [0, 0.05) is 5.56 Å². The first kappa shape index (κ1) is 18.9. The van der Waals surface area contributed by atoms with Crippen molar-refractivity contribution in [2.75, 3.05) is 12.4 Å². The van der Waals surface area contributed by atoms with Crippen LogP contribution in [0.4, 0.5) is 5.88 Å². The van der Waals surface area contributed by atoms with Crippen LogP contribution < -0.4 is 5.32 Å². The second kappa shape index (κ2) is 8.24. The Labute approximate surface area is 165 Å². The number of esters is 1. The molecule has 138 valence electrons. The number of carbonyl (C=O) groups is 2. The molecule has 0 saturated heterocycles. The largest absolute Gasteiger partial charge is 0.465 e. The van der Waals surface area contributed by atoms with Gasteiger partial charge in [0.25, 0.3) is 0 Å². The van der Waals surface area contributed by atoms with E-state index in [0.29, 0.717) is 5.56 Å². The molecule has 0 aliphatic rings. The molecule has 1 aromatic heterocycles. The van der Waals surface area contributed by atoms with Gasteiger partial charge >= 0.3 is 5.97 Å². The fourth-order valence-corrected chi connectivity index (χ4v) is 3.09. The summed E-state index contributed by atoms with van der Waals surface area (Å²) in [5, 5.41) is 6.99. The number of carbonyl (C=O) groups excluding carboxylic acids is 2. The second-order valence-electron chi connectivity index (χ2n) is 5.53. The lowest BCUT2D eigenvalue weighted by Crippen LogP contribution is -2.16. The lowest BCUT2D eigenvalue weighted by molar-refractivity contribution is -0.115. The number of aromatic nitrogens is 1. The fourth-order valence-electron chi connectivity index (χ4n) is 2.51. The van der Waals surface area contributed by atoms with E-state index in [1.807, 2.05) is 30.3 Å². The number of anilines is 1. The van der Waals surface area contributed by atoms with E-state index in [1.54, 1.807) is 18.2 Å². The maximum Gasteiger partial charge on any atom is 0.345 e. The van der Waals surface area contributed by atoms with Gasteiger partial charge in [-0.2, -0.15) is 0 Å². The van der Waals surface area contributed by atoms with E-state index in [4.69, 9.17) is 32.5 Å². The molecule has 0 spiro atoms. The van der Waals surface area contributed by atoms with Crippen molar-refractivity contribution in [1.82, 2.24) is 5.16 Å². The van der Waals surface area contributed by atoms with E-state index in [9.17, 15) is 9.59 Å². The van der Waals surface area contributed by atoms with Gasteiger partial charge < -0.3 is 9.26 Å². The summed E-state index contributed by atoms with van der Waals surface area (Å²) in [5.41, 5.74) is 1.15. The van der Waals surface area contributed by atoms with E-state index in [-0.39, 0.29) is 39.5 Å². The summed E-state index contributed by atoms with van der Waals surface area (Å²) in [7, 11) is 1.21. The topological polar surface area (TPSA) is 81.4 Å². The Morgan fingerprint density at radius 3 is 2.37 bits per heavy atom. The molecule has 1 heterocycles. The Morgan fingerprint density at radius 2 is 1.74 bits per heavy atom. The van der Waals surface area contributed by atoms with E-state index < -0.39 is 5.97 Å². The molecule has 0 saturated carbocycles. The standard InChI is InChI=1S/C19H14Cl2N2O4/c1-26-19(25)16-17(15-12(20)8-5-9-13(15)21)23-27-18(16)22-14(24)10-11-6-3-2-4-7-11/h2-9H,10H2,1H3,(H,22,24). The Hall–Kier alpha value is -2.83. The first-order chi connectivity index (χ1) is 13.0. The van der Waals surface area contributed by atoms with Crippen LogP contribution in [-0.4, -0.2) is 24.1 Å². The number of hydrogen-bond acceptors (Lipinski definition) is 5. The molecule has 0 unspecified atom stereocenters. The second-order valence-corrected chi connectivity index (χ2v) is 6.35. The molecule has 27 heavy (non-hydrogen) atoms. The number of benzene rings is 2. The van der Waals surface area contributed by atoms with Crippen LogP contribution in [0, 0.1) is 0 Å². The van der Waals surface area contributed by atoms with E-state index in [2.05, 4.69) is 10.5 Å². The minimum absolute atomic E-state index is 0.0612. The van der Waals surface area contributed by atoms with Gasteiger partial charge in [-0.1, -0.05) is 64.8 Å². The lowest BCUT2D eigenvalue weighted by Gasteiger charge is -2.07. The molecule has 0 aliphatic heterocycles. The molecule has 8 heteroatoms. The van der Waals surface area contributed by atoms with Crippen molar-refractivity contribution in [2.24, 2.45) is 0 Å². The van der Waals surface area contributed by atoms with Gasteiger partial charge in [0.05, 0.1) is 23.6 Å². The first-order valence-electron chi connectivity index (χ1n) is 7.87. The Kier molecular flexibility index (Phi) is 5.78. The summed E-state index contributed by atoms with van der Waals surface area (Å²) in [5.74, 6) is -1.25. The van der Waals surface area contributed by atoms with Crippen molar-refractivity contribution in [3.8, 4) is 11.3 Å². The first-order valence-corrected chi connectivity index (χ1v) is 8.63. The molecule has 0 atom stereocenters. The third-order valence-corrected chi connectivity index (χ3v) is 4.37. The van der Waals surface area contributed by atoms with Crippen LogP contribution in [0.5, 0.6) is 0 Å². The summed E-state index contributed by atoms with van der Waals surface area (Å²) >= 11 is 12.4. The number of hydrogen-bond donors (Lipinski definition) is 1. The summed E-state index contributed by atoms with van der Waals surface area (Å²) in [4.78, 5) is 24.6. The summed E-state index contributed by atoms with van der Waals surface area (Å²) in [6, 6.07) is 14.0. The van der Waals surface area contributed by atoms with Gasteiger partial charge in [-0.3, -0.25) is 10.1 Å². The van der Waals surface area contributed by atoms with E-state index in [1.165, 1.54) is 7.11 Å². The minimum Gasteiger partial charge on any atom is -0.465 e. The zero-order valence-electron chi connectivity index (χ0n) is 14.2. The SMILES string of the molecule is COC(=O)c1c(-c2c(Cl)cccc2Cl)noc1NC(=O)Cc1ccccc1. The Morgan fingerprint density at radius 1 is 1.07 bits per heavy atom. The molecule has 1 N–H and O–H groups in total. The van der Waals surface area contributed by atoms with E-state index in [0.717, 1.165) is 5.56 Å². The fraction of sp³-hybridized carbons (Fsp3) is 0.105. The summed E-state index contributed by atoms with van der Waals surface area (Å²) in [6.45, 7) is 0. The van der Waals surface area contributed by atoms with Crippen molar-refractivity contribution in [3.05, 3.63) is 69.7 Å². The van der Waals surface area contributed by atoms with Gasteiger partial charge in [0.2, 0.25) is 11.8 Å². The molecule has 0 aliphatic carbocycles. The predicted molar refractivity (Wildman–Crippen MR) is 102 cm³/mol. The molecule has 3 aromatic rings. The highest BCUT2D eigenvalue weighted by Gasteiger charge is 2.28. The molecular weight excluding hydrogens is 391 g/mol. The van der Waals surface area contributed by atoms with Crippen molar-refractivity contribution in [1.29, 1.82) is 0 Å². The summed E-state index contributed by atoms with van der Waals surface area (Å²) in [6.07, 6.45) is 0.102. The number of amides is 1. The van der Waals surface area contributed by atoms with Gasteiger partial charge in [-0.25, -0.2) is 4.79 Å². The number of methoxy groups -OCH3 is 1. The molecule has 2 aromatic carbocycles.